The minimum Gasteiger partial charge on any atom is -0.399 e. The first-order valence-electron chi connectivity index (χ1n) is 5.29. The maximum absolute atomic E-state index is 13.5. The van der Waals surface area contributed by atoms with Crippen LogP contribution in [0.5, 0.6) is 0 Å². The number of anilines is 2. The quantitative estimate of drug-likeness (QED) is 0.829. The van der Waals surface area contributed by atoms with Crippen LogP contribution in [0.4, 0.5) is 20.2 Å². The van der Waals surface area contributed by atoms with Gasteiger partial charge in [0.25, 0.3) is 5.91 Å². The number of hydrogen-bond donors (Lipinski definition) is 2. The molecule has 0 spiro atoms. The highest BCUT2D eigenvalue weighted by Crippen LogP contribution is 2.22. The van der Waals surface area contributed by atoms with Gasteiger partial charge in [0.15, 0.2) is 0 Å². The first kappa shape index (κ1) is 13.3. The number of amides is 1. The van der Waals surface area contributed by atoms with E-state index in [1.807, 2.05) is 0 Å². The minimum absolute atomic E-state index is 0.0560. The Hall–Kier alpha value is -2.14. The van der Waals surface area contributed by atoms with Gasteiger partial charge in [-0.2, -0.15) is 0 Å². The van der Waals surface area contributed by atoms with Crippen LogP contribution in [0.15, 0.2) is 36.4 Å². The second-order valence-corrected chi connectivity index (χ2v) is 4.17. The Morgan fingerprint density at radius 2 is 1.89 bits per heavy atom. The van der Waals surface area contributed by atoms with Gasteiger partial charge in [-0.3, -0.25) is 4.79 Å². The van der Waals surface area contributed by atoms with Crippen molar-refractivity contribution in [2.45, 2.75) is 0 Å². The van der Waals surface area contributed by atoms with E-state index in [9.17, 15) is 13.6 Å². The van der Waals surface area contributed by atoms with Crippen molar-refractivity contribution in [1.29, 1.82) is 0 Å². The molecule has 2 rings (SSSR count). The highest BCUT2D eigenvalue weighted by atomic mass is 35.5. The molecule has 0 atom stereocenters. The Morgan fingerprint density at radius 3 is 2.58 bits per heavy atom. The van der Waals surface area contributed by atoms with Gasteiger partial charge in [-0.15, -0.1) is 0 Å². The number of carbonyl (C=O) groups excluding carboxylic acids is 1. The van der Waals surface area contributed by atoms with Gasteiger partial charge in [-0.05, 0) is 30.3 Å². The molecule has 0 aromatic heterocycles. The number of hydrogen-bond acceptors (Lipinski definition) is 2. The van der Waals surface area contributed by atoms with Crippen molar-refractivity contribution in [3.63, 3.8) is 0 Å². The molecule has 0 radical (unpaired) electrons. The standard InChI is InChI=1S/C13H9ClF2N2O/c14-12-8(2-1-3-9(12)15)13(19)18-11-5-4-7(17)6-10(11)16/h1-6H,17H2,(H,18,19). The van der Waals surface area contributed by atoms with E-state index in [-0.39, 0.29) is 22.0 Å². The summed E-state index contributed by atoms with van der Waals surface area (Å²) in [5, 5.41) is 1.99. The normalized spacial score (nSPS) is 10.3. The number of halogens is 3. The number of carbonyl (C=O) groups is 1. The second-order valence-electron chi connectivity index (χ2n) is 3.79. The topological polar surface area (TPSA) is 55.1 Å². The van der Waals surface area contributed by atoms with Crippen LogP contribution in [0, 0.1) is 11.6 Å². The summed E-state index contributed by atoms with van der Waals surface area (Å²) in [5.41, 5.74) is 5.50. The van der Waals surface area contributed by atoms with E-state index < -0.39 is 17.5 Å². The van der Waals surface area contributed by atoms with Gasteiger partial charge in [-0.25, -0.2) is 8.78 Å². The molecule has 0 saturated heterocycles. The molecule has 0 fully saturated rings. The second kappa shape index (κ2) is 5.24. The molecule has 1 amide bonds. The van der Waals surface area contributed by atoms with E-state index in [1.54, 1.807) is 0 Å². The molecule has 0 bridgehead atoms. The Kier molecular flexibility index (Phi) is 3.66. The van der Waals surface area contributed by atoms with E-state index in [2.05, 4.69) is 5.32 Å². The third-order valence-corrected chi connectivity index (χ3v) is 2.82. The summed E-state index contributed by atoms with van der Waals surface area (Å²) in [4.78, 5) is 11.9. The summed E-state index contributed by atoms with van der Waals surface area (Å²) in [6, 6.07) is 7.64. The van der Waals surface area contributed by atoms with Crippen molar-refractivity contribution >= 4 is 28.9 Å². The Labute approximate surface area is 113 Å². The molecule has 98 valence electrons. The number of nitrogens with one attached hydrogen (secondary N) is 1. The molecule has 2 aromatic carbocycles. The van der Waals surface area contributed by atoms with Crippen LogP contribution >= 0.6 is 11.6 Å². The van der Waals surface area contributed by atoms with Crippen LogP contribution in [-0.4, -0.2) is 5.91 Å². The lowest BCUT2D eigenvalue weighted by Gasteiger charge is -2.08. The monoisotopic (exact) mass is 282 g/mol. The molecule has 3 nitrogen and oxygen atoms in total. The molecule has 19 heavy (non-hydrogen) atoms. The fourth-order valence-electron chi connectivity index (χ4n) is 1.50. The average Bonchev–Trinajstić information content (AvgIpc) is 2.36. The summed E-state index contributed by atoms with van der Waals surface area (Å²) in [6.07, 6.45) is 0. The number of nitrogen functional groups attached to an aromatic ring is 1. The first-order chi connectivity index (χ1) is 8.99. The zero-order valence-electron chi connectivity index (χ0n) is 9.58. The third-order valence-electron chi connectivity index (χ3n) is 2.44. The van der Waals surface area contributed by atoms with Crippen molar-refractivity contribution < 1.29 is 13.6 Å². The van der Waals surface area contributed by atoms with Crippen molar-refractivity contribution in [2.75, 3.05) is 11.1 Å². The van der Waals surface area contributed by atoms with Crippen LogP contribution in [0.1, 0.15) is 10.4 Å². The summed E-state index contributed by atoms with van der Waals surface area (Å²) in [7, 11) is 0. The fourth-order valence-corrected chi connectivity index (χ4v) is 1.71. The first-order valence-corrected chi connectivity index (χ1v) is 5.67. The Balaban J connectivity index is 2.28. The molecule has 3 N–H and O–H groups in total. The molecule has 0 aliphatic rings. The van der Waals surface area contributed by atoms with Crippen molar-refractivity contribution in [2.24, 2.45) is 0 Å². The van der Waals surface area contributed by atoms with Crippen LogP contribution in [-0.2, 0) is 0 Å². The summed E-state index contributed by atoms with van der Waals surface area (Å²) in [6.45, 7) is 0. The Morgan fingerprint density at radius 1 is 1.16 bits per heavy atom. The SMILES string of the molecule is Nc1ccc(NC(=O)c2cccc(F)c2Cl)c(F)c1. The zero-order chi connectivity index (χ0) is 14.0. The van der Waals surface area contributed by atoms with Crippen molar-refractivity contribution in [1.82, 2.24) is 0 Å². The van der Waals surface area contributed by atoms with Gasteiger partial charge in [0.2, 0.25) is 0 Å². The van der Waals surface area contributed by atoms with Crippen molar-refractivity contribution in [3.8, 4) is 0 Å². The molecule has 0 unspecified atom stereocenters. The lowest BCUT2D eigenvalue weighted by Crippen LogP contribution is -2.14. The smallest absolute Gasteiger partial charge is 0.257 e. The molecule has 0 aliphatic heterocycles. The zero-order valence-corrected chi connectivity index (χ0v) is 10.3. The largest absolute Gasteiger partial charge is 0.399 e. The highest BCUT2D eigenvalue weighted by Gasteiger charge is 2.15. The summed E-state index contributed by atoms with van der Waals surface area (Å²) in [5.74, 6) is -2.10. The molecule has 0 aliphatic carbocycles. The molecular formula is C13H9ClF2N2O. The van der Waals surface area contributed by atoms with Gasteiger partial charge >= 0.3 is 0 Å². The van der Waals surface area contributed by atoms with E-state index in [4.69, 9.17) is 17.3 Å². The maximum atomic E-state index is 13.5. The van der Waals surface area contributed by atoms with Crippen LogP contribution in [0.3, 0.4) is 0 Å². The van der Waals surface area contributed by atoms with E-state index >= 15 is 0 Å². The maximum Gasteiger partial charge on any atom is 0.257 e. The molecular weight excluding hydrogens is 274 g/mol. The Bertz CT molecular complexity index is 647. The minimum atomic E-state index is -0.716. The van der Waals surface area contributed by atoms with E-state index in [0.717, 1.165) is 12.1 Å². The predicted molar refractivity (Wildman–Crippen MR) is 70.2 cm³/mol. The van der Waals surface area contributed by atoms with Gasteiger partial charge in [0, 0.05) is 5.69 Å². The lowest BCUT2D eigenvalue weighted by molar-refractivity contribution is 0.102. The molecule has 0 saturated carbocycles. The van der Waals surface area contributed by atoms with Crippen molar-refractivity contribution in [3.05, 3.63) is 58.6 Å². The van der Waals surface area contributed by atoms with Gasteiger partial charge in [0.1, 0.15) is 11.6 Å². The summed E-state index contributed by atoms with van der Waals surface area (Å²) < 4.78 is 26.7. The highest BCUT2D eigenvalue weighted by molar-refractivity contribution is 6.34. The van der Waals surface area contributed by atoms with Crippen LogP contribution in [0.2, 0.25) is 5.02 Å². The summed E-state index contributed by atoms with van der Waals surface area (Å²) >= 11 is 5.67. The third kappa shape index (κ3) is 2.82. The van der Waals surface area contributed by atoms with E-state index in [1.165, 1.54) is 24.3 Å². The molecule has 0 heterocycles. The number of rotatable bonds is 2. The fraction of sp³-hybridized carbons (Fsp3) is 0. The molecule has 2 aromatic rings. The predicted octanol–water partition coefficient (Wildman–Crippen LogP) is 3.45. The number of benzene rings is 2. The van der Waals surface area contributed by atoms with Gasteiger partial charge in [0.05, 0.1) is 16.3 Å². The average molecular weight is 283 g/mol. The van der Waals surface area contributed by atoms with Gasteiger partial charge < -0.3 is 11.1 Å². The molecule has 6 heteroatoms. The number of nitrogens with two attached hydrogens (primary N) is 1. The van der Waals surface area contributed by atoms with Crippen LogP contribution in [0.25, 0.3) is 0 Å². The van der Waals surface area contributed by atoms with Crippen LogP contribution < -0.4 is 11.1 Å². The van der Waals surface area contributed by atoms with Gasteiger partial charge in [-0.1, -0.05) is 17.7 Å². The van der Waals surface area contributed by atoms with E-state index in [0.29, 0.717) is 0 Å². The lowest BCUT2D eigenvalue weighted by atomic mass is 10.2.